The Bertz CT molecular complexity index is 802. The maximum atomic E-state index is 12.1. The first-order chi connectivity index (χ1) is 13.0. The zero-order valence-corrected chi connectivity index (χ0v) is 14.9. The molecule has 1 aromatic heterocycles. The standard InChI is InChI=1S/C18H21N5O4/c1-27-16-7-2-13(12-20-16)17(18(19)24)22-10-8-21(9-11-22)14-3-5-15(6-4-14)23(25)26/h2-7,12,17H,8-11H2,1H3,(H2,19,24). The first-order valence-electron chi connectivity index (χ1n) is 8.52. The van der Waals surface area contributed by atoms with Gasteiger partial charge < -0.3 is 15.4 Å². The minimum absolute atomic E-state index is 0.0678. The summed E-state index contributed by atoms with van der Waals surface area (Å²) in [6.45, 7) is 2.64. The van der Waals surface area contributed by atoms with E-state index in [0.29, 0.717) is 32.1 Å². The van der Waals surface area contributed by atoms with Gasteiger partial charge in [0.25, 0.3) is 5.69 Å². The summed E-state index contributed by atoms with van der Waals surface area (Å²) in [5.41, 5.74) is 7.36. The van der Waals surface area contributed by atoms with Gasteiger partial charge in [0, 0.05) is 56.3 Å². The van der Waals surface area contributed by atoms with Crippen molar-refractivity contribution in [3.05, 3.63) is 58.3 Å². The topological polar surface area (TPSA) is 115 Å². The number of ether oxygens (including phenoxy) is 1. The fraction of sp³-hybridized carbons (Fsp3) is 0.333. The van der Waals surface area contributed by atoms with Crippen LogP contribution in [0.25, 0.3) is 0 Å². The smallest absolute Gasteiger partial charge is 0.269 e. The fourth-order valence-corrected chi connectivity index (χ4v) is 3.25. The van der Waals surface area contributed by atoms with Gasteiger partial charge in [-0.15, -0.1) is 0 Å². The first kappa shape index (κ1) is 18.6. The number of pyridine rings is 1. The van der Waals surface area contributed by atoms with E-state index < -0.39 is 16.9 Å². The van der Waals surface area contributed by atoms with Gasteiger partial charge in [0.2, 0.25) is 11.8 Å². The molecule has 3 rings (SSSR count). The van der Waals surface area contributed by atoms with Crippen molar-refractivity contribution in [2.75, 3.05) is 38.2 Å². The second kappa shape index (κ2) is 8.00. The number of nitrogens with zero attached hydrogens (tertiary/aromatic N) is 4. The molecule has 1 atom stereocenters. The summed E-state index contributed by atoms with van der Waals surface area (Å²) in [5, 5.41) is 10.8. The van der Waals surface area contributed by atoms with Crippen LogP contribution in [0.1, 0.15) is 11.6 Å². The van der Waals surface area contributed by atoms with Gasteiger partial charge in [0.05, 0.1) is 12.0 Å². The molecular formula is C18H21N5O4. The van der Waals surface area contributed by atoms with E-state index in [4.69, 9.17) is 10.5 Å². The van der Waals surface area contributed by atoms with E-state index in [1.165, 1.54) is 19.2 Å². The number of hydrogen-bond acceptors (Lipinski definition) is 7. The Balaban J connectivity index is 1.68. The zero-order valence-electron chi connectivity index (χ0n) is 14.9. The second-order valence-electron chi connectivity index (χ2n) is 6.24. The number of anilines is 1. The molecule has 0 saturated carbocycles. The Morgan fingerprint density at radius 2 is 1.85 bits per heavy atom. The molecule has 1 aliphatic heterocycles. The highest BCUT2D eigenvalue weighted by Crippen LogP contribution is 2.25. The SMILES string of the molecule is COc1ccc(C(C(N)=O)N2CCN(c3ccc([N+](=O)[O-])cc3)CC2)cn1. The molecule has 2 aromatic rings. The van der Waals surface area contributed by atoms with Gasteiger partial charge >= 0.3 is 0 Å². The van der Waals surface area contributed by atoms with Gasteiger partial charge in [-0.2, -0.15) is 0 Å². The number of amides is 1. The Hall–Kier alpha value is -3.20. The van der Waals surface area contributed by atoms with Crippen LogP contribution in [0.4, 0.5) is 11.4 Å². The number of methoxy groups -OCH3 is 1. The minimum atomic E-state index is -0.553. The number of aromatic nitrogens is 1. The Kier molecular flexibility index (Phi) is 5.51. The van der Waals surface area contributed by atoms with Crippen LogP contribution in [0.3, 0.4) is 0 Å². The summed E-state index contributed by atoms with van der Waals surface area (Å²) in [5.74, 6) is 0.0516. The number of nitrogens with two attached hydrogens (primary N) is 1. The van der Waals surface area contributed by atoms with Crippen LogP contribution < -0.4 is 15.4 Å². The van der Waals surface area contributed by atoms with Crippen LogP contribution in [0.15, 0.2) is 42.6 Å². The predicted octanol–water partition coefficient (Wildman–Crippen LogP) is 1.35. The van der Waals surface area contributed by atoms with Crippen molar-refractivity contribution in [2.45, 2.75) is 6.04 Å². The molecular weight excluding hydrogens is 350 g/mol. The summed E-state index contributed by atoms with van der Waals surface area (Å²) in [4.78, 5) is 30.7. The molecule has 2 heterocycles. The highest BCUT2D eigenvalue weighted by Gasteiger charge is 2.29. The number of carbonyl (C=O) groups excluding carboxylic acids is 1. The second-order valence-corrected chi connectivity index (χ2v) is 6.24. The summed E-state index contributed by atoms with van der Waals surface area (Å²) < 4.78 is 5.05. The summed E-state index contributed by atoms with van der Waals surface area (Å²) in [7, 11) is 1.53. The normalized spacial score (nSPS) is 16.0. The first-order valence-corrected chi connectivity index (χ1v) is 8.52. The third kappa shape index (κ3) is 4.14. The number of hydrogen-bond donors (Lipinski definition) is 1. The van der Waals surface area contributed by atoms with E-state index in [2.05, 4.69) is 9.88 Å². The molecule has 1 aromatic carbocycles. The van der Waals surface area contributed by atoms with Crippen LogP contribution >= 0.6 is 0 Å². The lowest BCUT2D eigenvalue weighted by molar-refractivity contribution is -0.384. The molecule has 0 spiro atoms. The number of carbonyl (C=O) groups is 1. The third-order valence-corrected chi connectivity index (χ3v) is 4.66. The molecule has 142 valence electrons. The largest absolute Gasteiger partial charge is 0.481 e. The van der Waals surface area contributed by atoms with Crippen molar-refractivity contribution in [3.63, 3.8) is 0 Å². The lowest BCUT2D eigenvalue weighted by atomic mass is 10.1. The summed E-state index contributed by atoms with van der Waals surface area (Å²) in [6, 6.07) is 9.43. The van der Waals surface area contributed by atoms with Gasteiger partial charge in [-0.1, -0.05) is 6.07 Å². The molecule has 0 radical (unpaired) electrons. The highest BCUT2D eigenvalue weighted by molar-refractivity contribution is 5.81. The van der Waals surface area contributed by atoms with Crippen LogP contribution in [0.2, 0.25) is 0 Å². The number of nitro benzene ring substituents is 1. The van der Waals surface area contributed by atoms with Crippen LogP contribution in [0.5, 0.6) is 5.88 Å². The van der Waals surface area contributed by atoms with Gasteiger partial charge in [-0.05, 0) is 17.7 Å². The van der Waals surface area contributed by atoms with Gasteiger partial charge in [-0.25, -0.2) is 4.98 Å². The monoisotopic (exact) mass is 371 g/mol. The highest BCUT2D eigenvalue weighted by atomic mass is 16.6. The Morgan fingerprint density at radius 1 is 1.19 bits per heavy atom. The molecule has 2 N–H and O–H groups in total. The fourth-order valence-electron chi connectivity index (χ4n) is 3.25. The Labute approximate surface area is 156 Å². The van der Waals surface area contributed by atoms with E-state index in [0.717, 1.165) is 11.3 Å². The zero-order chi connectivity index (χ0) is 19.4. The van der Waals surface area contributed by atoms with Crippen molar-refractivity contribution in [3.8, 4) is 5.88 Å². The number of benzene rings is 1. The van der Waals surface area contributed by atoms with Crippen LogP contribution in [-0.2, 0) is 4.79 Å². The van der Waals surface area contributed by atoms with Crippen molar-refractivity contribution in [1.29, 1.82) is 0 Å². The van der Waals surface area contributed by atoms with Gasteiger partial charge in [0.1, 0.15) is 6.04 Å². The molecule has 1 aliphatic rings. The van der Waals surface area contributed by atoms with E-state index >= 15 is 0 Å². The summed E-state index contributed by atoms with van der Waals surface area (Å²) >= 11 is 0. The number of piperazine rings is 1. The van der Waals surface area contributed by atoms with Crippen molar-refractivity contribution < 1.29 is 14.5 Å². The minimum Gasteiger partial charge on any atom is -0.481 e. The van der Waals surface area contributed by atoms with E-state index in [1.807, 2.05) is 4.90 Å². The van der Waals surface area contributed by atoms with Crippen molar-refractivity contribution in [2.24, 2.45) is 5.73 Å². The maximum Gasteiger partial charge on any atom is 0.269 e. The van der Waals surface area contributed by atoms with E-state index in [1.54, 1.807) is 30.5 Å². The van der Waals surface area contributed by atoms with E-state index in [-0.39, 0.29) is 5.69 Å². The average Bonchev–Trinajstić information content (AvgIpc) is 2.69. The molecule has 27 heavy (non-hydrogen) atoms. The predicted molar refractivity (Wildman–Crippen MR) is 99.6 cm³/mol. The summed E-state index contributed by atoms with van der Waals surface area (Å²) in [6.07, 6.45) is 1.61. The maximum absolute atomic E-state index is 12.1. The molecule has 9 heteroatoms. The number of rotatable bonds is 6. The number of nitro groups is 1. The van der Waals surface area contributed by atoms with Gasteiger partial charge in [0.15, 0.2) is 0 Å². The molecule has 1 fully saturated rings. The lowest BCUT2D eigenvalue weighted by Crippen LogP contribution is -2.50. The van der Waals surface area contributed by atoms with Crippen molar-refractivity contribution in [1.82, 2.24) is 9.88 Å². The molecule has 9 nitrogen and oxygen atoms in total. The number of primary amides is 1. The van der Waals surface area contributed by atoms with Crippen LogP contribution in [-0.4, -0.2) is 54.0 Å². The molecule has 1 saturated heterocycles. The third-order valence-electron chi connectivity index (χ3n) is 4.66. The molecule has 1 unspecified atom stereocenters. The van der Waals surface area contributed by atoms with Crippen LogP contribution in [0, 0.1) is 10.1 Å². The molecule has 0 aliphatic carbocycles. The van der Waals surface area contributed by atoms with Gasteiger partial charge in [-0.3, -0.25) is 19.8 Å². The average molecular weight is 371 g/mol. The lowest BCUT2D eigenvalue weighted by Gasteiger charge is -2.39. The number of non-ortho nitro benzene ring substituents is 1. The molecule has 1 amide bonds. The van der Waals surface area contributed by atoms with E-state index in [9.17, 15) is 14.9 Å². The Morgan fingerprint density at radius 3 is 2.33 bits per heavy atom. The molecule has 0 bridgehead atoms. The van der Waals surface area contributed by atoms with Crippen molar-refractivity contribution >= 4 is 17.3 Å². The quantitative estimate of drug-likeness (QED) is 0.602.